The number of nitrogens with two attached hydrogens (primary N) is 1. The number of anilines is 2. The maximum absolute atomic E-state index is 12.0. The van der Waals surface area contributed by atoms with Crippen LogP contribution in [-0.2, 0) is 4.79 Å². The Morgan fingerprint density at radius 3 is 2.58 bits per heavy atom. The second kappa shape index (κ2) is 7.02. The lowest BCUT2D eigenvalue weighted by molar-refractivity contribution is -0.120. The second-order valence-corrected chi connectivity index (χ2v) is 5.21. The number of nitrogens with zero attached hydrogens (tertiary/aromatic N) is 1. The van der Waals surface area contributed by atoms with Gasteiger partial charge in [-0.1, -0.05) is 19.9 Å². The zero-order valence-electron chi connectivity index (χ0n) is 12.3. The second-order valence-electron chi connectivity index (χ2n) is 5.21. The zero-order valence-corrected chi connectivity index (χ0v) is 12.3. The highest BCUT2D eigenvalue weighted by atomic mass is 16.2. The van der Waals surface area contributed by atoms with Gasteiger partial charge in [0.15, 0.2) is 0 Å². The number of likely N-dealkylation sites (N-methyl/N-ethyl adjacent to an activating group) is 1. The lowest BCUT2D eigenvalue weighted by Gasteiger charge is -2.25. The Labute approximate surface area is 116 Å². The minimum absolute atomic E-state index is 0.0467. The molecule has 19 heavy (non-hydrogen) atoms. The fourth-order valence-electron chi connectivity index (χ4n) is 1.75. The van der Waals surface area contributed by atoms with Crippen molar-refractivity contribution in [2.24, 2.45) is 5.92 Å². The summed E-state index contributed by atoms with van der Waals surface area (Å²) in [5, 5.41) is 3.02. The molecule has 1 rings (SSSR count). The van der Waals surface area contributed by atoms with E-state index in [-0.39, 0.29) is 11.9 Å². The quantitative estimate of drug-likeness (QED) is 0.774. The first-order valence-electron chi connectivity index (χ1n) is 6.83. The van der Waals surface area contributed by atoms with Gasteiger partial charge in [-0.05, 0) is 38.0 Å². The molecule has 1 unspecified atom stereocenters. The van der Waals surface area contributed by atoms with Gasteiger partial charge in [-0.15, -0.1) is 0 Å². The molecule has 0 heterocycles. The summed E-state index contributed by atoms with van der Waals surface area (Å²) >= 11 is 0. The van der Waals surface area contributed by atoms with Crippen LogP contribution >= 0.6 is 0 Å². The van der Waals surface area contributed by atoms with Crippen LogP contribution in [0.5, 0.6) is 0 Å². The van der Waals surface area contributed by atoms with E-state index in [1.165, 1.54) is 0 Å². The number of carbonyl (C=O) groups excluding carboxylic acids is 1. The van der Waals surface area contributed by atoms with Crippen LogP contribution in [0.25, 0.3) is 0 Å². The molecule has 1 amide bonds. The number of hydrogen-bond acceptors (Lipinski definition) is 3. The molecule has 0 radical (unpaired) electrons. The van der Waals surface area contributed by atoms with Crippen LogP contribution in [0, 0.1) is 5.92 Å². The first-order valence-corrected chi connectivity index (χ1v) is 6.83. The lowest BCUT2D eigenvalue weighted by Crippen LogP contribution is -2.43. The third-order valence-electron chi connectivity index (χ3n) is 3.34. The number of benzene rings is 1. The highest BCUT2D eigenvalue weighted by Crippen LogP contribution is 2.16. The summed E-state index contributed by atoms with van der Waals surface area (Å²) in [5.41, 5.74) is 7.47. The van der Waals surface area contributed by atoms with Crippen LogP contribution in [0.3, 0.4) is 0 Å². The summed E-state index contributed by atoms with van der Waals surface area (Å²) in [6.45, 7) is 9.38. The molecule has 4 nitrogen and oxygen atoms in total. The van der Waals surface area contributed by atoms with Crippen molar-refractivity contribution in [3.8, 4) is 0 Å². The van der Waals surface area contributed by atoms with E-state index in [9.17, 15) is 4.79 Å². The lowest BCUT2D eigenvalue weighted by atomic mass is 10.1. The molecule has 0 aliphatic heterocycles. The molecule has 0 aliphatic carbocycles. The fraction of sp³-hybridized carbons (Fsp3) is 0.533. The van der Waals surface area contributed by atoms with Crippen molar-refractivity contribution >= 4 is 17.3 Å². The number of hydrogen-bond donors (Lipinski definition) is 2. The molecule has 0 aromatic heterocycles. The van der Waals surface area contributed by atoms with Gasteiger partial charge in [0.05, 0.1) is 6.54 Å². The first kappa shape index (κ1) is 15.3. The molecule has 1 aromatic carbocycles. The summed E-state index contributed by atoms with van der Waals surface area (Å²) in [4.78, 5) is 14.0. The standard InChI is InChI=1S/C15H25N3O/c1-5-18(14-8-6-7-13(16)9-14)10-15(19)17-12(4)11(2)3/h6-9,11-12H,5,10,16H2,1-4H3,(H,17,19). The monoisotopic (exact) mass is 263 g/mol. The van der Waals surface area contributed by atoms with Gasteiger partial charge in [0, 0.05) is 24.0 Å². The van der Waals surface area contributed by atoms with E-state index >= 15 is 0 Å². The molecule has 0 saturated heterocycles. The van der Waals surface area contributed by atoms with E-state index in [2.05, 4.69) is 19.2 Å². The van der Waals surface area contributed by atoms with E-state index in [4.69, 9.17) is 5.73 Å². The Morgan fingerprint density at radius 2 is 2.05 bits per heavy atom. The fourth-order valence-corrected chi connectivity index (χ4v) is 1.75. The predicted octanol–water partition coefficient (Wildman–Crippen LogP) is 2.26. The Kier molecular flexibility index (Phi) is 5.67. The van der Waals surface area contributed by atoms with Crippen molar-refractivity contribution in [1.29, 1.82) is 0 Å². The molecule has 0 spiro atoms. The highest BCUT2D eigenvalue weighted by molar-refractivity contribution is 5.81. The van der Waals surface area contributed by atoms with Crippen LogP contribution in [0.1, 0.15) is 27.7 Å². The van der Waals surface area contributed by atoms with Crippen molar-refractivity contribution in [2.75, 3.05) is 23.7 Å². The average molecular weight is 263 g/mol. The predicted molar refractivity (Wildman–Crippen MR) is 81.2 cm³/mol. The number of nitrogen functional groups attached to an aromatic ring is 1. The highest BCUT2D eigenvalue weighted by Gasteiger charge is 2.14. The normalized spacial score (nSPS) is 12.3. The molecule has 1 aromatic rings. The van der Waals surface area contributed by atoms with Gasteiger partial charge >= 0.3 is 0 Å². The number of nitrogens with one attached hydrogen (secondary N) is 1. The molecule has 3 N–H and O–H groups in total. The summed E-state index contributed by atoms with van der Waals surface area (Å²) in [7, 11) is 0. The van der Waals surface area contributed by atoms with Crippen molar-refractivity contribution in [3.63, 3.8) is 0 Å². The van der Waals surface area contributed by atoms with Gasteiger partial charge < -0.3 is 16.0 Å². The van der Waals surface area contributed by atoms with E-state index in [0.29, 0.717) is 18.2 Å². The van der Waals surface area contributed by atoms with Crippen LogP contribution in [-0.4, -0.2) is 25.0 Å². The van der Waals surface area contributed by atoms with Gasteiger partial charge in [0.1, 0.15) is 0 Å². The third kappa shape index (κ3) is 4.81. The molecule has 0 bridgehead atoms. The van der Waals surface area contributed by atoms with Gasteiger partial charge in [-0.3, -0.25) is 4.79 Å². The largest absolute Gasteiger partial charge is 0.399 e. The maximum atomic E-state index is 12.0. The summed E-state index contributed by atoms with van der Waals surface area (Å²) in [6, 6.07) is 7.80. The molecule has 4 heteroatoms. The van der Waals surface area contributed by atoms with Crippen molar-refractivity contribution in [2.45, 2.75) is 33.7 Å². The van der Waals surface area contributed by atoms with E-state index in [1.807, 2.05) is 43.0 Å². The van der Waals surface area contributed by atoms with Crippen LogP contribution in [0.2, 0.25) is 0 Å². The topological polar surface area (TPSA) is 58.4 Å². The van der Waals surface area contributed by atoms with Gasteiger partial charge in [0.2, 0.25) is 5.91 Å². The van der Waals surface area contributed by atoms with E-state index in [0.717, 1.165) is 12.2 Å². The zero-order chi connectivity index (χ0) is 14.4. The van der Waals surface area contributed by atoms with Gasteiger partial charge in [0.25, 0.3) is 0 Å². The smallest absolute Gasteiger partial charge is 0.239 e. The van der Waals surface area contributed by atoms with Crippen molar-refractivity contribution in [1.82, 2.24) is 5.32 Å². The molecule has 0 fully saturated rings. The number of carbonyl (C=O) groups is 1. The Bertz CT molecular complexity index is 418. The van der Waals surface area contributed by atoms with Gasteiger partial charge in [-0.25, -0.2) is 0 Å². The minimum Gasteiger partial charge on any atom is -0.399 e. The van der Waals surface area contributed by atoms with Crippen molar-refractivity contribution in [3.05, 3.63) is 24.3 Å². The molecular weight excluding hydrogens is 238 g/mol. The Balaban J connectivity index is 2.64. The SMILES string of the molecule is CCN(CC(=O)NC(C)C(C)C)c1cccc(N)c1. The average Bonchev–Trinajstić information content (AvgIpc) is 2.35. The maximum Gasteiger partial charge on any atom is 0.239 e. The van der Waals surface area contributed by atoms with Gasteiger partial charge in [-0.2, -0.15) is 0 Å². The van der Waals surface area contributed by atoms with E-state index < -0.39 is 0 Å². The van der Waals surface area contributed by atoms with Crippen LogP contribution in [0.4, 0.5) is 11.4 Å². The molecule has 106 valence electrons. The summed E-state index contributed by atoms with van der Waals surface area (Å²) < 4.78 is 0. The summed E-state index contributed by atoms with van der Waals surface area (Å²) in [5.74, 6) is 0.483. The number of rotatable bonds is 6. The molecule has 1 atom stereocenters. The van der Waals surface area contributed by atoms with Crippen molar-refractivity contribution < 1.29 is 4.79 Å². The number of amides is 1. The summed E-state index contributed by atoms with van der Waals surface area (Å²) in [6.07, 6.45) is 0. The van der Waals surface area contributed by atoms with Crippen LogP contribution < -0.4 is 16.0 Å². The Morgan fingerprint density at radius 1 is 1.37 bits per heavy atom. The minimum atomic E-state index is 0.0467. The molecule has 0 saturated carbocycles. The van der Waals surface area contributed by atoms with E-state index in [1.54, 1.807) is 0 Å². The third-order valence-corrected chi connectivity index (χ3v) is 3.34. The first-order chi connectivity index (χ1) is 8.93. The van der Waals surface area contributed by atoms with Crippen LogP contribution in [0.15, 0.2) is 24.3 Å². The Hall–Kier alpha value is -1.71. The molecule has 0 aliphatic rings. The molecular formula is C15H25N3O.